The molecule has 0 saturated carbocycles. The Balaban J connectivity index is 1.45. The molecule has 4 heterocycles. The van der Waals surface area contributed by atoms with Gasteiger partial charge in [0.25, 0.3) is 5.91 Å². The van der Waals surface area contributed by atoms with Crippen molar-refractivity contribution >= 4 is 11.5 Å². The molecule has 31 heavy (non-hydrogen) atoms. The average molecular weight is 412 g/mol. The molecular formula is C26H24N2O3. The summed E-state index contributed by atoms with van der Waals surface area (Å²) >= 11 is 0. The van der Waals surface area contributed by atoms with E-state index in [1.807, 2.05) is 30.5 Å². The highest BCUT2D eigenvalue weighted by atomic mass is 16.5. The largest absolute Gasteiger partial charge is 0.472 e. The fraction of sp³-hybridized carbons (Fsp3) is 0.269. The quantitative estimate of drug-likeness (QED) is 0.507. The SMILES string of the molecule is NC(=O)c1cccc2c1Oc1ccccc1C2=C1CC2CCC(C1)N2Cc1ccoc1. The van der Waals surface area contributed by atoms with E-state index < -0.39 is 5.91 Å². The van der Waals surface area contributed by atoms with Gasteiger partial charge in [-0.25, -0.2) is 0 Å². The minimum atomic E-state index is -0.462. The van der Waals surface area contributed by atoms with Gasteiger partial charge in [0.15, 0.2) is 0 Å². The van der Waals surface area contributed by atoms with Crippen molar-refractivity contribution in [1.82, 2.24) is 4.90 Å². The monoisotopic (exact) mass is 412 g/mol. The molecule has 6 rings (SSSR count). The Labute approximate surface area is 181 Å². The summed E-state index contributed by atoms with van der Waals surface area (Å²) in [5.41, 5.74) is 12.1. The number of benzene rings is 2. The molecule has 0 aliphatic carbocycles. The van der Waals surface area contributed by atoms with Crippen molar-refractivity contribution in [3.05, 3.63) is 88.9 Å². The number of rotatable bonds is 3. The van der Waals surface area contributed by atoms with E-state index in [-0.39, 0.29) is 0 Å². The lowest BCUT2D eigenvalue weighted by atomic mass is 9.83. The Kier molecular flexibility index (Phi) is 4.25. The van der Waals surface area contributed by atoms with Crippen molar-refractivity contribution in [2.24, 2.45) is 5.73 Å². The number of nitrogens with two attached hydrogens (primary N) is 1. The van der Waals surface area contributed by atoms with Gasteiger partial charge < -0.3 is 14.9 Å². The third kappa shape index (κ3) is 3.00. The Morgan fingerprint density at radius 3 is 2.52 bits per heavy atom. The molecule has 3 aliphatic heterocycles. The predicted octanol–water partition coefficient (Wildman–Crippen LogP) is 5.11. The lowest BCUT2D eigenvalue weighted by molar-refractivity contribution is 0.0998. The van der Waals surface area contributed by atoms with Crippen LogP contribution in [0.25, 0.3) is 5.57 Å². The normalized spacial score (nSPS) is 22.1. The molecule has 3 aromatic rings. The van der Waals surface area contributed by atoms with E-state index in [4.69, 9.17) is 14.9 Å². The zero-order valence-electron chi connectivity index (χ0n) is 17.2. The summed E-state index contributed by atoms with van der Waals surface area (Å²) < 4.78 is 11.5. The molecule has 2 atom stereocenters. The van der Waals surface area contributed by atoms with Gasteiger partial charge in [-0.1, -0.05) is 35.9 Å². The average Bonchev–Trinajstić information content (AvgIpc) is 3.36. The Morgan fingerprint density at radius 1 is 1.00 bits per heavy atom. The van der Waals surface area contributed by atoms with E-state index in [9.17, 15) is 4.79 Å². The van der Waals surface area contributed by atoms with Crippen LogP contribution in [0, 0.1) is 0 Å². The van der Waals surface area contributed by atoms with Crippen molar-refractivity contribution in [1.29, 1.82) is 0 Å². The van der Waals surface area contributed by atoms with E-state index >= 15 is 0 Å². The summed E-state index contributed by atoms with van der Waals surface area (Å²) in [4.78, 5) is 14.7. The fourth-order valence-electron chi connectivity index (χ4n) is 5.60. The molecule has 2 fully saturated rings. The number of para-hydroxylation sites is 2. The van der Waals surface area contributed by atoms with Crippen LogP contribution < -0.4 is 10.5 Å². The van der Waals surface area contributed by atoms with Gasteiger partial charge in [-0.05, 0) is 49.5 Å². The molecule has 5 nitrogen and oxygen atoms in total. The molecule has 0 radical (unpaired) electrons. The van der Waals surface area contributed by atoms with Gasteiger partial charge in [-0.15, -0.1) is 0 Å². The fourth-order valence-corrected chi connectivity index (χ4v) is 5.60. The second-order valence-electron chi connectivity index (χ2n) is 8.72. The number of primary amides is 1. The molecular weight excluding hydrogens is 388 g/mol. The van der Waals surface area contributed by atoms with Gasteiger partial charge in [0, 0.05) is 35.3 Å². The Bertz CT molecular complexity index is 1180. The van der Waals surface area contributed by atoms with Gasteiger partial charge in [-0.2, -0.15) is 0 Å². The van der Waals surface area contributed by atoms with Gasteiger partial charge >= 0.3 is 0 Å². The van der Waals surface area contributed by atoms with Crippen LogP contribution in [-0.2, 0) is 6.54 Å². The van der Waals surface area contributed by atoms with Crippen LogP contribution in [0.15, 0.2) is 71.0 Å². The van der Waals surface area contributed by atoms with Gasteiger partial charge in [0.1, 0.15) is 11.5 Å². The first-order chi connectivity index (χ1) is 15.2. The van der Waals surface area contributed by atoms with E-state index in [2.05, 4.69) is 23.1 Å². The highest BCUT2D eigenvalue weighted by Gasteiger charge is 2.40. The molecule has 5 heteroatoms. The number of carbonyl (C=O) groups excluding carboxylic acids is 1. The lowest BCUT2D eigenvalue weighted by Gasteiger charge is -2.38. The van der Waals surface area contributed by atoms with Crippen LogP contribution in [0.3, 0.4) is 0 Å². The number of piperidine rings is 1. The number of hydrogen-bond donors (Lipinski definition) is 1. The van der Waals surface area contributed by atoms with Gasteiger partial charge in [0.05, 0.1) is 18.1 Å². The van der Waals surface area contributed by atoms with Crippen LogP contribution in [-0.4, -0.2) is 22.9 Å². The number of hydrogen-bond acceptors (Lipinski definition) is 4. The highest BCUT2D eigenvalue weighted by Crippen LogP contribution is 2.50. The first kappa shape index (κ1) is 18.5. The maximum absolute atomic E-state index is 12.1. The zero-order valence-corrected chi connectivity index (χ0v) is 17.2. The second kappa shape index (κ2) is 7.13. The van der Waals surface area contributed by atoms with Crippen molar-refractivity contribution in [2.45, 2.75) is 44.3 Å². The number of ether oxygens (including phenoxy) is 1. The lowest BCUT2D eigenvalue weighted by Crippen LogP contribution is -2.40. The smallest absolute Gasteiger partial charge is 0.252 e. The highest BCUT2D eigenvalue weighted by molar-refractivity contribution is 6.00. The second-order valence-corrected chi connectivity index (χ2v) is 8.72. The number of furan rings is 1. The summed E-state index contributed by atoms with van der Waals surface area (Å²) in [6.45, 7) is 0.941. The Morgan fingerprint density at radius 2 is 1.77 bits per heavy atom. The van der Waals surface area contributed by atoms with Crippen LogP contribution in [0.1, 0.15) is 52.7 Å². The van der Waals surface area contributed by atoms with Crippen molar-refractivity contribution in [3.63, 3.8) is 0 Å². The first-order valence-corrected chi connectivity index (χ1v) is 10.9. The van der Waals surface area contributed by atoms with Crippen molar-refractivity contribution in [3.8, 4) is 11.5 Å². The minimum absolute atomic E-state index is 0.436. The van der Waals surface area contributed by atoms with E-state index in [0.29, 0.717) is 23.4 Å². The van der Waals surface area contributed by atoms with Crippen LogP contribution in [0.4, 0.5) is 0 Å². The third-order valence-electron chi connectivity index (χ3n) is 6.95. The van der Waals surface area contributed by atoms with Gasteiger partial charge in [0.2, 0.25) is 0 Å². The molecule has 2 aromatic carbocycles. The molecule has 156 valence electrons. The molecule has 2 bridgehead atoms. The van der Waals surface area contributed by atoms with Gasteiger partial charge in [-0.3, -0.25) is 9.69 Å². The molecule has 2 unspecified atom stereocenters. The molecule has 1 amide bonds. The molecule has 2 N–H and O–H groups in total. The van der Waals surface area contributed by atoms with Crippen LogP contribution in [0.5, 0.6) is 11.5 Å². The van der Waals surface area contributed by atoms with Crippen LogP contribution >= 0.6 is 0 Å². The number of amides is 1. The Hall–Kier alpha value is -3.31. The first-order valence-electron chi connectivity index (χ1n) is 10.9. The van der Waals surface area contributed by atoms with E-state index in [1.54, 1.807) is 12.3 Å². The molecule has 1 aromatic heterocycles. The number of fused-ring (bicyclic) bond motifs is 4. The van der Waals surface area contributed by atoms with Crippen LogP contribution in [0.2, 0.25) is 0 Å². The summed E-state index contributed by atoms with van der Waals surface area (Å²) in [5, 5.41) is 0. The zero-order chi connectivity index (χ0) is 20.9. The molecule has 0 spiro atoms. The standard InChI is InChI=1S/C26H24N2O3/c27-26(29)22-6-3-5-21-24(20-4-1-2-7-23(20)31-25(21)22)17-12-18-8-9-19(13-17)28(18)14-16-10-11-30-15-16/h1-7,10-11,15,18-19H,8-9,12-14H2,(H2,27,29). The van der Waals surface area contributed by atoms with E-state index in [1.165, 1.54) is 29.6 Å². The maximum Gasteiger partial charge on any atom is 0.252 e. The minimum Gasteiger partial charge on any atom is -0.472 e. The summed E-state index contributed by atoms with van der Waals surface area (Å²) in [6, 6.07) is 16.9. The summed E-state index contributed by atoms with van der Waals surface area (Å²) in [6.07, 6.45) is 8.08. The molecule has 2 saturated heterocycles. The van der Waals surface area contributed by atoms with E-state index in [0.717, 1.165) is 36.3 Å². The summed E-state index contributed by atoms with van der Waals surface area (Å²) in [7, 11) is 0. The third-order valence-corrected chi connectivity index (χ3v) is 6.95. The topological polar surface area (TPSA) is 68.7 Å². The predicted molar refractivity (Wildman–Crippen MR) is 118 cm³/mol. The van der Waals surface area contributed by atoms with Crippen molar-refractivity contribution < 1.29 is 13.9 Å². The summed E-state index contributed by atoms with van der Waals surface area (Å²) in [5.74, 6) is 0.916. The number of nitrogens with zero attached hydrogens (tertiary/aromatic N) is 1. The molecule has 3 aliphatic rings. The van der Waals surface area contributed by atoms with Crippen molar-refractivity contribution in [2.75, 3.05) is 0 Å². The maximum atomic E-state index is 12.1. The number of carbonyl (C=O) groups is 1.